The zero-order chi connectivity index (χ0) is 19.4. The van der Waals surface area contributed by atoms with Crippen LogP contribution >= 0.6 is 11.6 Å². The SMILES string of the molecule is Nc1nc(Cl)nc2c1ccn2[C@@H]1C[C@H](c2ccc3ccccc3c2)[C@@H](O)[C@H]1O. The number of halogens is 1. The van der Waals surface area contributed by atoms with E-state index in [1.165, 1.54) is 0 Å². The number of rotatable bonds is 2. The van der Waals surface area contributed by atoms with Crippen LogP contribution in [0.2, 0.25) is 5.28 Å². The average Bonchev–Trinajstić information content (AvgIpc) is 3.23. The first kappa shape index (κ1) is 17.4. The Morgan fingerprint density at radius 3 is 2.61 bits per heavy atom. The van der Waals surface area contributed by atoms with Gasteiger partial charge in [0.15, 0.2) is 0 Å². The van der Waals surface area contributed by atoms with Gasteiger partial charge in [-0.25, -0.2) is 4.98 Å². The summed E-state index contributed by atoms with van der Waals surface area (Å²) in [7, 11) is 0. The smallest absolute Gasteiger partial charge is 0.226 e. The van der Waals surface area contributed by atoms with Crippen LogP contribution in [0.4, 0.5) is 5.82 Å². The van der Waals surface area contributed by atoms with Gasteiger partial charge in [-0.15, -0.1) is 0 Å². The van der Waals surface area contributed by atoms with Crippen LogP contribution in [0.5, 0.6) is 0 Å². The van der Waals surface area contributed by atoms with E-state index in [-0.39, 0.29) is 17.2 Å². The second-order valence-electron chi connectivity index (χ2n) is 7.34. The number of aromatic nitrogens is 3. The van der Waals surface area contributed by atoms with E-state index in [9.17, 15) is 10.2 Å². The van der Waals surface area contributed by atoms with E-state index in [0.717, 1.165) is 16.3 Å². The lowest BCUT2D eigenvalue weighted by Gasteiger charge is -2.19. The molecule has 1 aliphatic rings. The first-order chi connectivity index (χ1) is 13.5. The van der Waals surface area contributed by atoms with Crippen LogP contribution in [0, 0.1) is 0 Å². The van der Waals surface area contributed by atoms with Crippen molar-refractivity contribution in [1.82, 2.24) is 14.5 Å². The van der Waals surface area contributed by atoms with E-state index in [1.807, 2.05) is 35.0 Å². The summed E-state index contributed by atoms with van der Waals surface area (Å²) in [6.45, 7) is 0. The minimum absolute atomic E-state index is 0.0593. The van der Waals surface area contributed by atoms with Crippen LogP contribution in [-0.2, 0) is 0 Å². The summed E-state index contributed by atoms with van der Waals surface area (Å²) in [6, 6.07) is 15.7. The molecular weight excluding hydrogens is 376 g/mol. The van der Waals surface area contributed by atoms with Crippen molar-refractivity contribution in [3.8, 4) is 0 Å². The zero-order valence-corrected chi connectivity index (χ0v) is 15.7. The normalized spacial score (nSPS) is 25.0. The summed E-state index contributed by atoms with van der Waals surface area (Å²) in [4.78, 5) is 8.26. The quantitative estimate of drug-likeness (QED) is 0.453. The molecule has 4 N–H and O–H groups in total. The standard InChI is InChI=1S/C21H19ClN4O2/c22-21-24-19(23)14-7-8-26(20(14)25-21)16-10-15(17(27)18(16)28)13-6-5-11-3-1-2-4-12(11)9-13/h1-9,15-18,27-28H,10H2,(H2,23,24,25)/t15-,16-,17-,18+/m1/s1. The third-order valence-corrected chi connectivity index (χ3v) is 5.95. The van der Waals surface area contributed by atoms with E-state index >= 15 is 0 Å². The van der Waals surface area contributed by atoms with Crippen molar-refractivity contribution in [3.05, 3.63) is 65.6 Å². The molecule has 0 saturated heterocycles. The molecule has 1 fully saturated rings. The third kappa shape index (κ3) is 2.64. The van der Waals surface area contributed by atoms with Crippen LogP contribution in [0.25, 0.3) is 21.8 Å². The summed E-state index contributed by atoms with van der Waals surface area (Å²) in [5.74, 6) is 0.115. The van der Waals surface area contributed by atoms with Gasteiger partial charge in [-0.1, -0.05) is 42.5 Å². The minimum Gasteiger partial charge on any atom is -0.390 e. The summed E-state index contributed by atoms with van der Waals surface area (Å²) >= 11 is 5.98. The number of nitrogens with zero attached hydrogens (tertiary/aromatic N) is 3. The van der Waals surface area contributed by atoms with Gasteiger partial charge in [0.25, 0.3) is 0 Å². The van der Waals surface area contributed by atoms with Gasteiger partial charge < -0.3 is 20.5 Å². The predicted molar refractivity (Wildman–Crippen MR) is 109 cm³/mol. The van der Waals surface area contributed by atoms with Crippen LogP contribution in [0.15, 0.2) is 54.7 Å². The predicted octanol–water partition coefficient (Wildman–Crippen LogP) is 3.27. The lowest BCUT2D eigenvalue weighted by molar-refractivity contribution is 0.0179. The van der Waals surface area contributed by atoms with Crippen LogP contribution < -0.4 is 5.73 Å². The molecule has 4 aromatic rings. The van der Waals surface area contributed by atoms with E-state index in [4.69, 9.17) is 17.3 Å². The molecule has 28 heavy (non-hydrogen) atoms. The minimum atomic E-state index is -0.929. The Morgan fingerprint density at radius 2 is 1.79 bits per heavy atom. The topological polar surface area (TPSA) is 97.2 Å². The van der Waals surface area contributed by atoms with Gasteiger partial charge in [-0.2, -0.15) is 4.98 Å². The Hall–Kier alpha value is -2.67. The fourth-order valence-corrected chi connectivity index (χ4v) is 4.52. The van der Waals surface area contributed by atoms with Crippen molar-refractivity contribution in [1.29, 1.82) is 0 Å². The molecule has 0 unspecified atom stereocenters. The maximum absolute atomic E-state index is 10.8. The lowest BCUT2D eigenvalue weighted by Crippen LogP contribution is -2.28. The molecule has 2 aromatic heterocycles. The first-order valence-electron chi connectivity index (χ1n) is 9.17. The number of fused-ring (bicyclic) bond motifs is 2. The van der Waals surface area contributed by atoms with E-state index in [1.54, 1.807) is 0 Å². The fraction of sp³-hybridized carbons (Fsp3) is 0.238. The number of nitrogen functional groups attached to an aromatic ring is 1. The highest BCUT2D eigenvalue weighted by Crippen LogP contribution is 2.43. The molecule has 6 nitrogen and oxygen atoms in total. The fourth-order valence-electron chi connectivity index (χ4n) is 4.35. The molecule has 2 heterocycles. The number of aliphatic hydroxyl groups excluding tert-OH is 2. The maximum Gasteiger partial charge on any atom is 0.226 e. The molecular formula is C21H19ClN4O2. The van der Waals surface area contributed by atoms with Gasteiger partial charge in [0.2, 0.25) is 5.28 Å². The van der Waals surface area contributed by atoms with E-state index < -0.39 is 12.2 Å². The molecule has 142 valence electrons. The number of benzene rings is 2. The average molecular weight is 395 g/mol. The molecule has 5 rings (SSSR count). The van der Waals surface area contributed by atoms with E-state index in [0.29, 0.717) is 23.3 Å². The Balaban J connectivity index is 1.54. The Labute approximate surface area is 166 Å². The zero-order valence-electron chi connectivity index (χ0n) is 14.9. The molecule has 0 amide bonds. The van der Waals surface area contributed by atoms with Crippen molar-refractivity contribution >= 4 is 39.2 Å². The largest absolute Gasteiger partial charge is 0.390 e. The molecule has 0 aliphatic heterocycles. The summed E-state index contributed by atoms with van der Waals surface area (Å²) in [6.07, 6.45) is 0.585. The van der Waals surface area contributed by atoms with Crippen molar-refractivity contribution in [2.75, 3.05) is 5.73 Å². The highest BCUT2D eigenvalue weighted by atomic mass is 35.5. The second kappa shape index (κ2) is 6.44. The van der Waals surface area contributed by atoms with Gasteiger partial charge in [0, 0.05) is 12.1 Å². The van der Waals surface area contributed by atoms with Crippen molar-refractivity contribution < 1.29 is 10.2 Å². The molecule has 0 bridgehead atoms. The highest BCUT2D eigenvalue weighted by molar-refractivity contribution is 6.28. The van der Waals surface area contributed by atoms with Gasteiger partial charge >= 0.3 is 0 Å². The Bertz CT molecular complexity index is 1190. The first-order valence-corrected chi connectivity index (χ1v) is 9.55. The monoisotopic (exact) mass is 394 g/mol. The number of hydrogen-bond acceptors (Lipinski definition) is 5. The van der Waals surface area contributed by atoms with Gasteiger partial charge in [0.1, 0.15) is 17.6 Å². The maximum atomic E-state index is 10.8. The molecule has 1 aliphatic carbocycles. The lowest BCUT2D eigenvalue weighted by atomic mass is 9.93. The summed E-state index contributed by atoms with van der Waals surface area (Å²) in [5.41, 5.74) is 7.51. The molecule has 0 spiro atoms. The Morgan fingerprint density at radius 1 is 1.00 bits per heavy atom. The van der Waals surface area contributed by atoms with Gasteiger partial charge in [0.05, 0.1) is 17.5 Å². The summed E-state index contributed by atoms with van der Waals surface area (Å²) < 4.78 is 1.84. The second-order valence-corrected chi connectivity index (χ2v) is 7.67. The molecule has 0 radical (unpaired) electrons. The number of hydrogen-bond donors (Lipinski definition) is 3. The number of aliphatic hydroxyl groups is 2. The molecule has 1 saturated carbocycles. The summed E-state index contributed by atoms with van der Waals surface area (Å²) in [5, 5.41) is 24.6. The van der Waals surface area contributed by atoms with Crippen molar-refractivity contribution in [2.45, 2.75) is 30.6 Å². The number of anilines is 1. The van der Waals surface area contributed by atoms with E-state index in [2.05, 4.69) is 34.2 Å². The van der Waals surface area contributed by atoms with Gasteiger partial charge in [-0.3, -0.25) is 0 Å². The van der Waals surface area contributed by atoms with Crippen LogP contribution in [0.1, 0.15) is 23.9 Å². The third-order valence-electron chi connectivity index (χ3n) is 5.78. The number of nitrogens with two attached hydrogens (primary N) is 1. The molecule has 7 heteroatoms. The molecule has 2 aromatic carbocycles. The van der Waals surface area contributed by atoms with Crippen LogP contribution in [-0.4, -0.2) is 37.0 Å². The highest BCUT2D eigenvalue weighted by Gasteiger charge is 2.43. The van der Waals surface area contributed by atoms with Crippen LogP contribution in [0.3, 0.4) is 0 Å². The van der Waals surface area contributed by atoms with Crippen molar-refractivity contribution in [3.63, 3.8) is 0 Å². The van der Waals surface area contributed by atoms with Crippen molar-refractivity contribution in [2.24, 2.45) is 0 Å². The molecule has 4 atom stereocenters. The Kier molecular flexibility index (Phi) is 4.01. The van der Waals surface area contributed by atoms with Gasteiger partial charge in [-0.05, 0) is 40.4 Å².